The number of nitrogens with zero attached hydrogens (tertiary/aromatic N) is 2. The summed E-state index contributed by atoms with van der Waals surface area (Å²) in [7, 11) is 6.47. The molecule has 2 nitrogen and oxygen atoms in total. The highest BCUT2D eigenvalue weighted by atomic mass is 127. The first-order chi connectivity index (χ1) is 7.99. The zero-order valence-corrected chi connectivity index (χ0v) is 14.8. The first kappa shape index (κ1) is 18.3. The van der Waals surface area contributed by atoms with E-state index in [2.05, 4.69) is 50.3 Å². The Kier molecular flexibility index (Phi) is 8.59. The van der Waals surface area contributed by atoms with Gasteiger partial charge in [-0.1, -0.05) is 0 Å². The van der Waals surface area contributed by atoms with Crippen LogP contribution in [-0.4, -0.2) is 46.0 Å². The summed E-state index contributed by atoms with van der Waals surface area (Å²) in [6.07, 6.45) is 0. The predicted octanol–water partition coefficient (Wildman–Crippen LogP) is 0.171. The third-order valence-corrected chi connectivity index (χ3v) is 3.04. The van der Waals surface area contributed by atoms with Crippen molar-refractivity contribution in [1.82, 2.24) is 4.48 Å². The van der Waals surface area contributed by atoms with Crippen molar-refractivity contribution in [2.45, 2.75) is 0 Å². The monoisotopic (exact) mass is 402 g/mol. The standard InChI is InChI=1S/C13H21Cl2N2.HI/c1-17(2,3)13-6-4-12(5-7-13)16(10-8-14)11-9-15;/h4-7H,8-11H2,1-3H3;1H/q+1;/p-1. The third-order valence-electron chi connectivity index (χ3n) is 2.70. The average molecular weight is 403 g/mol. The summed E-state index contributed by atoms with van der Waals surface area (Å²) in [5, 5.41) is 0. The molecule has 0 saturated carbocycles. The Balaban J connectivity index is 0.00000289. The molecule has 104 valence electrons. The molecular weight excluding hydrogens is 382 g/mol. The summed E-state index contributed by atoms with van der Waals surface area (Å²) in [5.74, 6) is 1.24. The van der Waals surface area contributed by atoms with Crippen LogP contribution in [0.15, 0.2) is 24.3 Å². The van der Waals surface area contributed by atoms with Crippen LogP contribution in [0.5, 0.6) is 0 Å². The Hall–Kier alpha value is 0.290. The molecule has 0 atom stereocenters. The number of rotatable bonds is 6. The maximum Gasteiger partial charge on any atom is 0.132 e. The van der Waals surface area contributed by atoms with Gasteiger partial charge in [-0.25, -0.2) is 0 Å². The van der Waals surface area contributed by atoms with E-state index in [1.807, 2.05) is 0 Å². The van der Waals surface area contributed by atoms with Crippen molar-refractivity contribution < 1.29 is 24.0 Å². The summed E-state index contributed by atoms with van der Waals surface area (Å²) in [6, 6.07) is 8.59. The molecule has 0 N–H and O–H groups in total. The van der Waals surface area contributed by atoms with Gasteiger partial charge in [0.15, 0.2) is 0 Å². The van der Waals surface area contributed by atoms with Crippen molar-refractivity contribution in [2.24, 2.45) is 0 Å². The fourth-order valence-corrected chi connectivity index (χ4v) is 2.09. The smallest absolute Gasteiger partial charge is 0.132 e. The molecule has 0 saturated heterocycles. The normalized spacial score (nSPS) is 10.9. The van der Waals surface area contributed by atoms with E-state index >= 15 is 0 Å². The van der Waals surface area contributed by atoms with Gasteiger partial charge in [-0.2, -0.15) is 0 Å². The van der Waals surface area contributed by atoms with Gasteiger partial charge in [0.25, 0.3) is 0 Å². The van der Waals surface area contributed by atoms with Crippen molar-refractivity contribution in [2.75, 3.05) is 50.9 Å². The number of alkyl halides is 2. The fraction of sp³-hybridized carbons (Fsp3) is 0.538. The zero-order valence-electron chi connectivity index (χ0n) is 11.2. The molecule has 0 spiro atoms. The van der Waals surface area contributed by atoms with Crippen LogP contribution in [0.1, 0.15) is 0 Å². The Morgan fingerprint density at radius 1 is 0.944 bits per heavy atom. The van der Waals surface area contributed by atoms with Gasteiger partial charge in [0.1, 0.15) is 5.69 Å². The van der Waals surface area contributed by atoms with Crippen LogP contribution in [0.4, 0.5) is 11.4 Å². The molecule has 1 rings (SSSR count). The molecule has 18 heavy (non-hydrogen) atoms. The molecule has 0 aliphatic heterocycles. The SMILES string of the molecule is C[N+](C)(C)c1ccc(N(CCCl)CCCl)cc1.[I-]. The van der Waals surface area contributed by atoms with Crippen LogP contribution in [0.2, 0.25) is 0 Å². The van der Waals surface area contributed by atoms with Gasteiger partial charge in [0.05, 0.1) is 21.1 Å². The first-order valence-corrected chi connectivity index (χ1v) is 6.85. The Morgan fingerprint density at radius 3 is 1.72 bits per heavy atom. The van der Waals surface area contributed by atoms with Crippen LogP contribution >= 0.6 is 23.2 Å². The second-order valence-electron chi connectivity index (χ2n) is 4.89. The molecule has 0 unspecified atom stereocenters. The van der Waals surface area contributed by atoms with E-state index in [9.17, 15) is 0 Å². The number of hydrogen-bond donors (Lipinski definition) is 0. The largest absolute Gasteiger partial charge is 1.00 e. The van der Waals surface area contributed by atoms with Crippen LogP contribution in [0, 0.1) is 0 Å². The molecule has 0 aliphatic rings. The van der Waals surface area contributed by atoms with E-state index in [-0.39, 0.29) is 24.0 Å². The van der Waals surface area contributed by atoms with Crippen LogP contribution < -0.4 is 33.4 Å². The minimum atomic E-state index is 0. The predicted molar refractivity (Wildman–Crippen MR) is 79.7 cm³/mol. The Morgan fingerprint density at radius 2 is 1.39 bits per heavy atom. The average Bonchev–Trinajstić information content (AvgIpc) is 2.28. The van der Waals surface area contributed by atoms with E-state index < -0.39 is 0 Å². The van der Waals surface area contributed by atoms with Crippen LogP contribution in [0.25, 0.3) is 0 Å². The highest BCUT2D eigenvalue weighted by Gasteiger charge is 2.12. The van der Waals surface area contributed by atoms with E-state index in [4.69, 9.17) is 23.2 Å². The minimum Gasteiger partial charge on any atom is -1.00 e. The summed E-state index contributed by atoms with van der Waals surface area (Å²) >= 11 is 11.6. The highest BCUT2D eigenvalue weighted by Crippen LogP contribution is 2.22. The van der Waals surface area contributed by atoms with Gasteiger partial charge < -0.3 is 28.9 Å². The number of anilines is 1. The quantitative estimate of drug-likeness (QED) is 0.372. The molecule has 0 aliphatic carbocycles. The van der Waals surface area contributed by atoms with Crippen LogP contribution in [-0.2, 0) is 0 Å². The lowest BCUT2D eigenvalue weighted by molar-refractivity contribution is -0.00000362. The highest BCUT2D eigenvalue weighted by molar-refractivity contribution is 6.18. The maximum absolute atomic E-state index is 5.80. The van der Waals surface area contributed by atoms with E-state index in [0.717, 1.165) is 17.6 Å². The van der Waals surface area contributed by atoms with Crippen LogP contribution in [0.3, 0.4) is 0 Å². The van der Waals surface area contributed by atoms with Crippen molar-refractivity contribution in [3.63, 3.8) is 0 Å². The number of benzene rings is 1. The maximum atomic E-state index is 5.80. The molecule has 0 bridgehead atoms. The van der Waals surface area contributed by atoms with Gasteiger partial charge in [0.2, 0.25) is 0 Å². The van der Waals surface area contributed by atoms with Crippen molar-refractivity contribution in [1.29, 1.82) is 0 Å². The summed E-state index contributed by atoms with van der Waals surface area (Å²) in [6.45, 7) is 1.66. The molecule has 1 aromatic rings. The Bertz CT molecular complexity index is 330. The second kappa shape index (κ2) is 8.46. The number of quaternary nitrogens is 1. The van der Waals surface area contributed by atoms with Gasteiger partial charge in [0, 0.05) is 42.7 Å². The summed E-state index contributed by atoms with van der Waals surface area (Å²) in [4.78, 5) is 2.21. The second-order valence-corrected chi connectivity index (χ2v) is 5.65. The molecule has 5 heteroatoms. The van der Waals surface area contributed by atoms with E-state index in [0.29, 0.717) is 11.8 Å². The molecule has 0 amide bonds. The Labute approximate surface area is 137 Å². The minimum absolute atomic E-state index is 0. The number of hydrogen-bond acceptors (Lipinski definition) is 1. The topological polar surface area (TPSA) is 3.24 Å². The first-order valence-electron chi connectivity index (χ1n) is 5.78. The summed E-state index contributed by atoms with van der Waals surface area (Å²) in [5.41, 5.74) is 2.47. The van der Waals surface area contributed by atoms with Crippen molar-refractivity contribution >= 4 is 34.6 Å². The molecule has 1 aromatic carbocycles. The third kappa shape index (κ3) is 5.51. The zero-order chi connectivity index (χ0) is 12.9. The molecule has 0 heterocycles. The lowest BCUT2D eigenvalue weighted by Crippen LogP contribution is -3.00. The van der Waals surface area contributed by atoms with Gasteiger partial charge >= 0.3 is 0 Å². The lowest BCUT2D eigenvalue weighted by atomic mass is 10.2. The van der Waals surface area contributed by atoms with Crippen molar-refractivity contribution in [3.05, 3.63) is 24.3 Å². The van der Waals surface area contributed by atoms with E-state index in [1.54, 1.807) is 0 Å². The van der Waals surface area contributed by atoms with Gasteiger partial charge in [-0.15, -0.1) is 23.2 Å². The van der Waals surface area contributed by atoms with Gasteiger partial charge in [-0.05, 0) is 12.1 Å². The molecule has 0 radical (unpaired) electrons. The summed E-state index contributed by atoms with van der Waals surface area (Å²) < 4.78 is 0.825. The van der Waals surface area contributed by atoms with Gasteiger partial charge in [-0.3, -0.25) is 4.48 Å². The lowest BCUT2D eigenvalue weighted by Gasteiger charge is -2.26. The molecule has 0 fully saturated rings. The molecule has 0 aromatic heterocycles. The number of halogens is 3. The van der Waals surface area contributed by atoms with Crippen molar-refractivity contribution in [3.8, 4) is 0 Å². The molecular formula is C13H21Cl2IN2. The van der Waals surface area contributed by atoms with E-state index in [1.165, 1.54) is 11.4 Å². The fourth-order valence-electron chi connectivity index (χ4n) is 1.68.